The highest BCUT2D eigenvalue weighted by atomic mass is 127. The monoisotopic (exact) mass is 1360 g/mol. The van der Waals surface area contributed by atoms with Crippen molar-refractivity contribution >= 4 is 110 Å². The lowest BCUT2D eigenvalue weighted by molar-refractivity contribution is -0.645. The average Bonchev–Trinajstić information content (AvgIpc) is 1.59. The van der Waals surface area contributed by atoms with Gasteiger partial charge in [0.1, 0.15) is 69.0 Å². The zero-order valence-electron chi connectivity index (χ0n) is 52.8. The Balaban J connectivity index is 0.000000160. The molecule has 18 aromatic rings. The predicted octanol–water partition coefficient (Wildman–Crippen LogP) is 18.3. The molecule has 0 saturated heterocycles. The van der Waals surface area contributed by atoms with Gasteiger partial charge in [-0.2, -0.15) is 4.57 Å². The first-order valence-electron chi connectivity index (χ1n) is 31.4. The first-order valence-corrected chi connectivity index (χ1v) is 31.4. The van der Waals surface area contributed by atoms with Gasteiger partial charge < -0.3 is 42.3 Å². The molecule has 0 saturated carbocycles. The van der Waals surface area contributed by atoms with Crippen LogP contribution in [0.25, 0.3) is 133 Å². The lowest BCUT2D eigenvalue weighted by atomic mass is 9.86. The Morgan fingerprint density at radius 3 is 1.33 bits per heavy atom. The van der Waals surface area contributed by atoms with Gasteiger partial charge in [-0.05, 0) is 119 Å². The number of para-hydroxylation sites is 8. The molecule has 0 spiro atoms. The van der Waals surface area contributed by atoms with Crippen LogP contribution in [0, 0.1) is 0 Å². The minimum absolute atomic E-state index is 0. The summed E-state index contributed by atoms with van der Waals surface area (Å²) in [6.07, 6.45) is 7.85. The SMILES string of the molecule is C.CC(C)(C)c1cc(Oc2ccc3c4ccccc4n(-c4cc5oc6ccccc6c5cn4)c3c2)cc(-n2cnc3ccccc32)c1.C[n+]1cn(-c2cc(Oc3ccc4c5ccccc5n(-c5cc6oc7ccccc7c6cn5)c4c3)cc(C(C)(C)C)c2)c2ccccc21.[HH].[I-]. The summed E-state index contributed by atoms with van der Waals surface area (Å²) in [4.78, 5) is 14.5. The number of aryl methyl sites for hydroxylation is 1. The minimum Gasteiger partial charge on any atom is -1.00 e. The van der Waals surface area contributed by atoms with Gasteiger partial charge in [-0.25, -0.2) is 19.5 Å². The second kappa shape index (κ2) is 23.2. The number of imidazole rings is 2. The largest absolute Gasteiger partial charge is 1.00 e. The van der Waals surface area contributed by atoms with Crippen LogP contribution in [0.4, 0.5) is 0 Å². The molecule has 10 aromatic carbocycles. The minimum atomic E-state index is -0.0815. The zero-order valence-corrected chi connectivity index (χ0v) is 55.0. The highest BCUT2D eigenvalue weighted by molar-refractivity contribution is 6.12. The number of aromatic nitrogens is 8. The highest BCUT2D eigenvalue weighted by Crippen LogP contribution is 2.41. The summed E-state index contributed by atoms with van der Waals surface area (Å²) in [6.45, 7) is 13.4. The molecule has 0 N–H and O–H groups in total. The lowest BCUT2D eigenvalue weighted by Crippen LogP contribution is -3.00. The second-order valence-electron chi connectivity index (χ2n) is 26.2. The molecule has 8 aromatic heterocycles. The van der Waals surface area contributed by atoms with Crippen LogP contribution in [-0.4, -0.2) is 33.2 Å². The van der Waals surface area contributed by atoms with Gasteiger partial charge in [0.05, 0.1) is 45.8 Å². The molecule has 0 aliphatic carbocycles. The third kappa shape index (κ3) is 10.5. The maximum absolute atomic E-state index is 6.73. The number of hydrogen-bond acceptors (Lipinski definition) is 7. The Hall–Kier alpha value is -11.0. The van der Waals surface area contributed by atoms with E-state index >= 15 is 0 Å². The van der Waals surface area contributed by atoms with Crippen molar-refractivity contribution in [2.45, 2.75) is 59.8 Å². The van der Waals surface area contributed by atoms with Gasteiger partial charge in [-0.3, -0.25) is 13.7 Å². The molecule has 12 nitrogen and oxygen atoms in total. The summed E-state index contributed by atoms with van der Waals surface area (Å²) in [7, 11) is 2.08. The molecule has 0 amide bonds. The number of nitrogens with zero attached hydrogens (tertiary/aromatic N) is 8. The van der Waals surface area contributed by atoms with Crippen LogP contribution in [0.2, 0.25) is 0 Å². The van der Waals surface area contributed by atoms with Crippen molar-refractivity contribution in [2.24, 2.45) is 7.05 Å². The van der Waals surface area contributed by atoms with Gasteiger partial charge in [-0.1, -0.05) is 146 Å². The number of benzene rings is 10. The molecular formula is C82H69IN8O4. The van der Waals surface area contributed by atoms with E-state index in [1.807, 2.05) is 91.5 Å². The fourth-order valence-corrected chi connectivity index (χ4v) is 13.3. The second-order valence-corrected chi connectivity index (χ2v) is 26.2. The molecule has 95 heavy (non-hydrogen) atoms. The number of hydrogen-bond donors (Lipinski definition) is 0. The van der Waals surface area contributed by atoms with E-state index in [-0.39, 0.29) is 43.7 Å². The Labute approximate surface area is 567 Å². The fraction of sp³-hybridized carbons (Fsp3) is 0.122. The average molecular weight is 1360 g/mol. The molecule has 13 heteroatoms. The van der Waals surface area contributed by atoms with Crippen molar-refractivity contribution in [1.29, 1.82) is 0 Å². The van der Waals surface area contributed by atoms with Crippen LogP contribution >= 0.6 is 0 Å². The van der Waals surface area contributed by atoms with E-state index in [1.54, 1.807) is 0 Å². The molecule has 0 radical (unpaired) electrons. The van der Waals surface area contributed by atoms with Gasteiger partial charge >= 0.3 is 0 Å². The Morgan fingerprint density at radius 1 is 0.379 bits per heavy atom. The molecule has 0 fully saturated rings. The van der Waals surface area contributed by atoms with Gasteiger partial charge in [0.25, 0.3) is 0 Å². The van der Waals surface area contributed by atoms with Crippen LogP contribution in [0.15, 0.2) is 264 Å². The third-order valence-corrected chi connectivity index (χ3v) is 18.1. The molecule has 0 bridgehead atoms. The summed E-state index contributed by atoms with van der Waals surface area (Å²) >= 11 is 0. The fourth-order valence-electron chi connectivity index (χ4n) is 13.3. The van der Waals surface area contributed by atoms with Gasteiger partial charge in [-0.15, -0.1) is 0 Å². The van der Waals surface area contributed by atoms with Crippen molar-refractivity contribution in [1.82, 2.24) is 33.2 Å². The van der Waals surface area contributed by atoms with Gasteiger partial charge in [0, 0.05) is 93.3 Å². The summed E-state index contributed by atoms with van der Waals surface area (Å²) in [5, 5.41) is 8.72. The van der Waals surface area contributed by atoms with E-state index in [4.69, 9.17) is 28.3 Å². The molecule has 0 atom stereocenters. The normalized spacial score (nSPS) is 12.0. The summed E-state index contributed by atoms with van der Waals surface area (Å²) < 4.78 is 36.8. The van der Waals surface area contributed by atoms with E-state index in [9.17, 15) is 0 Å². The van der Waals surface area contributed by atoms with Crippen LogP contribution in [0.3, 0.4) is 0 Å². The molecule has 8 heterocycles. The summed E-state index contributed by atoms with van der Waals surface area (Å²) in [6, 6.07) is 79.4. The van der Waals surface area contributed by atoms with Crippen LogP contribution < -0.4 is 38.0 Å². The quantitative estimate of drug-likeness (QED) is 0.110. The first kappa shape index (κ1) is 60.2. The zero-order chi connectivity index (χ0) is 62.9. The number of ether oxygens (including phenoxy) is 2. The van der Waals surface area contributed by atoms with Crippen molar-refractivity contribution in [3.63, 3.8) is 0 Å². The van der Waals surface area contributed by atoms with Crippen molar-refractivity contribution in [3.8, 4) is 46.0 Å². The van der Waals surface area contributed by atoms with Gasteiger partial charge in [0.15, 0.2) is 11.0 Å². The van der Waals surface area contributed by atoms with Crippen molar-refractivity contribution in [3.05, 3.63) is 267 Å². The van der Waals surface area contributed by atoms with Crippen LogP contribution in [0.5, 0.6) is 23.0 Å². The van der Waals surface area contributed by atoms with E-state index in [1.165, 1.54) is 16.6 Å². The van der Waals surface area contributed by atoms with E-state index < -0.39 is 0 Å². The molecule has 468 valence electrons. The number of fused-ring (bicyclic) bond motifs is 14. The summed E-state index contributed by atoms with van der Waals surface area (Å²) in [5.74, 6) is 4.64. The number of rotatable bonds is 8. The van der Waals surface area contributed by atoms with Crippen LogP contribution in [0.1, 0.15) is 61.5 Å². The predicted molar refractivity (Wildman–Crippen MR) is 384 cm³/mol. The Morgan fingerprint density at radius 2 is 0.811 bits per heavy atom. The van der Waals surface area contributed by atoms with Crippen molar-refractivity contribution < 1.29 is 48.3 Å². The number of halogens is 1. The Bertz CT molecular complexity index is 6030. The first-order chi connectivity index (χ1) is 45.2. The number of furan rings is 2. The van der Waals surface area contributed by atoms with E-state index in [2.05, 4.69) is 240 Å². The topological polar surface area (TPSA) is 107 Å². The Kier molecular flexibility index (Phi) is 14.7. The van der Waals surface area contributed by atoms with Crippen molar-refractivity contribution in [2.75, 3.05) is 0 Å². The maximum atomic E-state index is 6.73. The highest BCUT2D eigenvalue weighted by Gasteiger charge is 2.24. The molecule has 18 rings (SSSR count). The summed E-state index contributed by atoms with van der Waals surface area (Å²) in [5.41, 5.74) is 16.1. The van der Waals surface area contributed by atoms with Gasteiger partial charge in [0.2, 0.25) is 6.33 Å². The molecule has 0 aliphatic rings. The van der Waals surface area contributed by atoms with E-state index in [0.29, 0.717) is 0 Å². The molecule has 0 unspecified atom stereocenters. The van der Waals surface area contributed by atoms with E-state index in [0.717, 1.165) is 150 Å². The smallest absolute Gasteiger partial charge is 0.249 e. The maximum Gasteiger partial charge on any atom is 0.249 e. The lowest BCUT2D eigenvalue weighted by Gasteiger charge is -2.22. The van der Waals surface area contributed by atoms with Crippen LogP contribution in [-0.2, 0) is 17.9 Å². The molecular weight excluding hydrogens is 1290 g/mol. The number of pyridine rings is 2. The standard InChI is InChI=1S/C41H33N4O2.C40H30N4O2.CH4.HI.H2/c1-41(2,3)26-19-27(44-25-43(4)35-14-8-9-15-36(35)44)21-29(20-26)46-28-17-18-31-30-11-5-7-13-34(30)45(37(31)22-28)40-23-39-33(24-42-40)32-12-6-10-16-38(32)47-39;1-40(2,3)25-18-26(43-24-42-33-12-6-8-14-35(33)43)20-28(19-25)45-27-16-17-30-29-10-4-7-13-34(29)44(36(30)21-27)39-22-38-32(23-41-39)31-11-5-9-15-37(31)46-38;;;/h5-25H,1-4H3;4-24H,1-3H3;1H4;2*1H/q+1;;;;/p-1. The third-order valence-electron chi connectivity index (χ3n) is 18.1. The molecule has 0 aliphatic heterocycles.